The summed E-state index contributed by atoms with van der Waals surface area (Å²) in [5.41, 5.74) is 6.14. The molecule has 1 aromatic rings. The molecule has 0 aliphatic rings. The number of nitrogens with two attached hydrogens (primary N) is 1. The maximum absolute atomic E-state index is 11.8. The molecular weight excluding hydrogens is 276 g/mol. The first-order chi connectivity index (χ1) is 9.72. The molecular formula is C14H20N2O5. The predicted octanol–water partition coefficient (Wildman–Crippen LogP) is 0.193. The SMILES string of the molecule is CC(C)C(N)C(=O)NC(Cc1ccc(O)c(O)c1)C(=O)O. The summed E-state index contributed by atoms with van der Waals surface area (Å²) in [5, 5.41) is 30.1. The summed E-state index contributed by atoms with van der Waals surface area (Å²) in [6.45, 7) is 3.52. The van der Waals surface area contributed by atoms with Crippen LogP contribution in [0.3, 0.4) is 0 Å². The smallest absolute Gasteiger partial charge is 0.326 e. The minimum atomic E-state index is -1.20. The van der Waals surface area contributed by atoms with Gasteiger partial charge in [-0.25, -0.2) is 4.79 Å². The summed E-state index contributed by atoms with van der Waals surface area (Å²) in [4.78, 5) is 23.0. The molecule has 0 saturated carbocycles. The van der Waals surface area contributed by atoms with Gasteiger partial charge in [0.1, 0.15) is 6.04 Å². The van der Waals surface area contributed by atoms with E-state index in [4.69, 9.17) is 10.8 Å². The molecule has 21 heavy (non-hydrogen) atoms. The molecule has 7 heteroatoms. The van der Waals surface area contributed by atoms with Crippen LogP contribution in [0, 0.1) is 5.92 Å². The van der Waals surface area contributed by atoms with Gasteiger partial charge in [0.25, 0.3) is 0 Å². The van der Waals surface area contributed by atoms with Gasteiger partial charge >= 0.3 is 5.97 Å². The molecule has 0 radical (unpaired) electrons. The maximum atomic E-state index is 11.8. The van der Waals surface area contributed by atoms with E-state index in [9.17, 15) is 19.8 Å². The Morgan fingerprint density at radius 3 is 2.33 bits per heavy atom. The number of amides is 1. The molecule has 2 atom stereocenters. The average molecular weight is 296 g/mol. The van der Waals surface area contributed by atoms with Crippen LogP contribution >= 0.6 is 0 Å². The Kier molecular flexibility index (Phi) is 5.54. The largest absolute Gasteiger partial charge is 0.504 e. The second-order valence-corrected chi connectivity index (χ2v) is 5.20. The van der Waals surface area contributed by atoms with E-state index in [0.717, 1.165) is 0 Å². The minimum absolute atomic E-state index is 0.0280. The summed E-state index contributed by atoms with van der Waals surface area (Å²) in [5.74, 6) is -2.50. The highest BCUT2D eigenvalue weighted by Crippen LogP contribution is 2.25. The number of hydrogen-bond donors (Lipinski definition) is 5. The number of aliphatic carboxylic acids is 1. The molecule has 116 valence electrons. The second-order valence-electron chi connectivity index (χ2n) is 5.20. The number of benzene rings is 1. The first-order valence-corrected chi connectivity index (χ1v) is 6.52. The fraction of sp³-hybridized carbons (Fsp3) is 0.429. The van der Waals surface area contributed by atoms with E-state index in [1.807, 2.05) is 0 Å². The summed E-state index contributed by atoms with van der Waals surface area (Å²) in [6.07, 6.45) is -0.0280. The lowest BCUT2D eigenvalue weighted by Gasteiger charge is -2.20. The zero-order valence-corrected chi connectivity index (χ0v) is 11.9. The lowest BCUT2D eigenvalue weighted by molar-refractivity contribution is -0.142. The number of rotatable bonds is 6. The summed E-state index contributed by atoms with van der Waals surface area (Å²) < 4.78 is 0. The van der Waals surface area contributed by atoms with Crippen LogP contribution in [0.2, 0.25) is 0 Å². The van der Waals surface area contributed by atoms with Crippen LogP contribution in [0.15, 0.2) is 18.2 Å². The zero-order chi connectivity index (χ0) is 16.2. The fourth-order valence-corrected chi connectivity index (χ4v) is 1.70. The van der Waals surface area contributed by atoms with Crippen LogP contribution in [0.5, 0.6) is 11.5 Å². The topological polar surface area (TPSA) is 133 Å². The van der Waals surface area contributed by atoms with Crippen molar-refractivity contribution in [3.8, 4) is 11.5 Å². The Balaban J connectivity index is 2.81. The summed E-state index contributed by atoms with van der Waals surface area (Å²) >= 11 is 0. The number of carboxylic acids is 1. The average Bonchev–Trinajstić information content (AvgIpc) is 2.40. The van der Waals surface area contributed by atoms with Crippen molar-refractivity contribution in [1.29, 1.82) is 0 Å². The van der Waals surface area contributed by atoms with E-state index >= 15 is 0 Å². The van der Waals surface area contributed by atoms with Crippen LogP contribution in [0.25, 0.3) is 0 Å². The highest BCUT2D eigenvalue weighted by atomic mass is 16.4. The fourth-order valence-electron chi connectivity index (χ4n) is 1.70. The van der Waals surface area contributed by atoms with E-state index in [1.165, 1.54) is 18.2 Å². The molecule has 0 aliphatic carbocycles. The van der Waals surface area contributed by atoms with Crippen molar-refractivity contribution in [2.45, 2.75) is 32.4 Å². The molecule has 1 aromatic carbocycles. The minimum Gasteiger partial charge on any atom is -0.504 e. The van der Waals surface area contributed by atoms with Gasteiger partial charge in [0.05, 0.1) is 6.04 Å². The first kappa shape index (κ1) is 16.8. The van der Waals surface area contributed by atoms with Crippen molar-refractivity contribution in [2.24, 2.45) is 11.7 Å². The second kappa shape index (κ2) is 6.94. The van der Waals surface area contributed by atoms with Crippen LogP contribution in [-0.2, 0) is 16.0 Å². The molecule has 0 spiro atoms. The van der Waals surface area contributed by atoms with E-state index in [-0.39, 0.29) is 23.8 Å². The zero-order valence-electron chi connectivity index (χ0n) is 11.9. The molecule has 0 bridgehead atoms. The number of nitrogens with one attached hydrogen (secondary N) is 1. The van der Waals surface area contributed by atoms with Gasteiger partial charge in [0.2, 0.25) is 5.91 Å². The molecule has 0 heterocycles. The third-order valence-corrected chi connectivity index (χ3v) is 3.12. The van der Waals surface area contributed by atoms with Crippen LogP contribution in [-0.4, -0.2) is 39.3 Å². The van der Waals surface area contributed by atoms with Crippen molar-refractivity contribution in [1.82, 2.24) is 5.32 Å². The van der Waals surface area contributed by atoms with Crippen molar-refractivity contribution in [3.63, 3.8) is 0 Å². The van der Waals surface area contributed by atoms with Crippen molar-refractivity contribution >= 4 is 11.9 Å². The van der Waals surface area contributed by atoms with E-state index in [2.05, 4.69) is 5.32 Å². The van der Waals surface area contributed by atoms with Gasteiger partial charge in [-0.15, -0.1) is 0 Å². The highest BCUT2D eigenvalue weighted by Gasteiger charge is 2.25. The van der Waals surface area contributed by atoms with Crippen molar-refractivity contribution < 1.29 is 24.9 Å². The van der Waals surface area contributed by atoms with Gasteiger partial charge in [0, 0.05) is 6.42 Å². The van der Waals surface area contributed by atoms with Crippen molar-refractivity contribution in [3.05, 3.63) is 23.8 Å². The Bertz CT molecular complexity index is 530. The molecule has 0 aromatic heterocycles. The monoisotopic (exact) mass is 296 g/mol. The number of aromatic hydroxyl groups is 2. The van der Waals surface area contributed by atoms with E-state index in [1.54, 1.807) is 13.8 Å². The molecule has 0 aliphatic heterocycles. The maximum Gasteiger partial charge on any atom is 0.326 e. The standard InChI is InChI=1S/C14H20N2O5/c1-7(2)12(15)13(19)16-9(14(20)21)5-8-3-4-10(17)11(18)6-8/h3-4,6-7,9,12,17-18H,5,15H2,1-2H3,(H,16,19)(H,20,21). The third-order valence-electron chi connectivity index (χ3n) is 3.12. The summed E-state index contributed by atoms with van der Waals surface area (Å²) in [7, 11) is 0. The Labute approximate surface area is 122 Å². The van der Waals surface area contributed by atoms with Gasteiger partial charge < -0.3 is 26.4 Å². The molecule has 7 nitrogen and oxygen atoms in total. The number of carbonyl (C=O) groups excluding carboxylic acids is 1. The molecule has 1 amide bonds. The van der Waals surface area contributed by atoms with E-state index < -0.39 is 24.0 Å². The molecule has 0 fully saturated rings. The van der Waals surface area contributed by atoms with E-state index in [0.29, 0.717) is 5.56 Å². The predicted molar refractivity (Wildman–Crippen MR) is 75.9 cm³/mol. The molecule has 0 saturated heterocycles. The number of phenols is 2. The Hall–Kier alpha value is -2.28. The van der Waals surface area contributed by atoms with Gasteiger partial charge in [-0.2, -0.15) is 0 Å². The third kappa shape index (κ3) is 4.64. The van der Waals surface area contributed by atoms with Crippen LogP contribution in [0.4, 0.5) is 0 Å². The van der Waals surface area contributed by atoms with Crippen molar-refractivity contribution in [2.75, 3.05) is 0 Å². The Morgan fingerprint density at radius 2 is 1.86 bits per heavy atom. The van der Waals surface area contributed by atoms with Gasteiger partial charge in [0.15, 0.2) is 11.5 Å². The van der Waals surface area contributed by atoms with Gasteiger partial charge in [-0.05, 0) is 23.6 Å². The highest BCUT2D eigenvalue weighted by molar-refractivity contribution is 5.87. The van der Waals surface area contributed by atoms with Gasteiger partial charge in [-0.1, -0.05) is 19.9 Å². The normalized spacial score (nSPS) is 13.7. The number of carbonyl (C=O) groups is 2. The summed E-state index contributed by atoms with van der Waals surface area (Å²) in [6, 6.07) is 2.02. The Morgan fingerprint density at radius 1 is 1.24 bits per heavy atom. The lowest BCUT2D eigenvalue weighted by Crippen LogP contribution is -2.51. The molecule has 6 N–H and O–H groups in total. The number of carboxylic acid groups (broad SMARTS) is 1. The quantitative estimate of drug-likeness (QED) is 0.476. The first-order valence-electron chi connectivity index (χ1n) is 6.52. The number of phenolic OH excluding ortho intramolecular Hbond substituents is 2. The molecule has 1 rings (SSSR count). The van der Waals surface area contributed by atoms with Gasteiger partial charge in [-0.3, -0.25) is 4.79 Å². The van der Waals surface area contributed by atoms with Crippen LogP contribution in [0.1, 0.15) is 19.4 Å². The number of hydrogen-bond acceptors (Lipinski definition) is 5. The van der Waals surface area contributed by atoms with Crippen LogP contribution < -0.4 is 11.1 Å². The lowest BCUT2D eigenvalue weighted by atomic mass is 10.0. The molecule has 2 unspecified atom stereocenters.